The summed E-state index contributed by atoms with van der Waals surface area (Å²) in [5, 5.41) is 0. The molecule has 0 unspecified atom stereocenters. The van der Waals surface area contributed by atoms with Gasteiger partial charge in [-0.05, 0) is 0 Å². The van der Waals surface area contributed by atoms with Crippen molar-refractivity contribution in [2.75, 3.05) is 0 Å². The average Bonchev–Trinajstić information content (AvgIpc) is 1.88. The van der Waals surface area contributed by atoms with Gasteiger partial charge in [0.2, 0.25) is 0 Å². The van der Waals surface area contributed by atoms with Gasteiger partial charge in [0.25, 0.3) is 0 Å². The molecule has 0 bridgehead atoms. The van der Waals surface area contributed by atoms with Gasteiger partial charge in [-0.3, -0.25) is 0 Å². The zero-order valence-corrected chi connectivity index (χ0v) is 13.2. The van der Waals surface area contributed by atoms with E-state index in [1.165, 1.54) is 59.5 Å². The quantitative estimate of drug-likeness (QED) is 0.396. The van der Waals surface area contributed by atoms with Gasteiger partial charge in [-0.15, -0.1) is 0 Å². The largest absolute Gasteiger partial charge is 2.00 e. The van der Waals surface area contributed by atoms with Crippen LogP contribution in [0.15, 0.2) is 25.3 Å². The summed E-state index contributed by atoms with van der Waals surface area (Å²) in [6.07, 6.45) is 3.87. The standard InChI is InChI=1S/2C3H5.O.2Pb/c2*1-3-2;;;/h2*3H,1-2H2;;;/q;;-2;2*+1. The molecule has 0 saturated heterocycles. The van der Waals surface area contributed by atoms with Gasteiger partial charge < -0.3 is 5.48 Å². The van der Waals surface area contributed by atoms with Crippen molar-refractivity contribution < 1.29 is 5.48 Å². The third-order valence-electron chi connectivity index (χ3n) is 0.289. The monoisotopic (exact) mass is 514 g/mol. The Balaban J connectivity index is -0.0000000720. The molecule has 4 radical (unpaired) electrons. The molecule has 0 aromatic carbocycles. The van der Waals surface area contributed by atoms with Crippen LogP contribution in [0.2, 0.25) is 7.96 Å². The Morgan fingerprint density at radius 2 is 1.11 bits per heavy atom. The van der Waals surface area contributed by atoms with Gasteiger partial charge in [-0.2, -0.15) is 0 Å². The minimum absolute atomic E-state index is 0. The van der Waals surface area contributed by atoms with E-state index in [0.29, 0.717) is 0 Å². The second-order valence-electron chi connectivity index (χ2n) is 0.986. The van der Waals surface area contributed by atoms with Gasteiger partial charge in [0.05, 0.1) is 0 Å². The van der Waals surface area contributed by atoms with Gasteiger partial charge in [0.1, 0.15) is 0 Å². The van der Waals surface area contributed by atoms with Crippen molar-refractivity contribution in [3.05, 3.63) is 25.3 Å². The molecule has 3 heteroatoms. The van der Waals surface area contributed by atoms with Crippen LogP contribution in [0.5, 0.6) is 0 Å². The Morgan fingerprint density at radius 3 is 1.11 bits per heavy atom. The first-order valence-corrected chi connectivity index (χ1v) is 7.84. The number of rotatable bonds is 2. The number of hydrogen-bond donors (Lipinski definition) is 0. The van der Waals surface area contributed by atoms with E-state index >= 15 is 0 Å². The zero-order chi connectivity index (χ0) is 6.83. The Labute approximate surface area is 89.3 Å². The molecule has 0 N–H and O–H groups in total. The summed E-state index contributed by atoms with van der Waals surface area (Å²) in [5.41, 5.74) is 0. The van der Waals surface area contributed by atoms with Crippen LogP contribution in [-0.2, 0) is 5.48 Å². The molecular formula is C6H10OPb2. The minimum Gasteiger partial charge on any atom is -2.00 e. The Morgan fingerprint density at radius 1 is 1.00 bits per heavy atom. The van der Waals surface area contributed by atoms with E-state index in [-0.39, 0.29) is 5.48 Å². The fourth-order valence-corrected chi connectivity index (χ4v) is 0. The SMILES string of the molecule is C=C[CH2][Pb+].C=C[CH2][Pb+].[O-2]. The van der Waals surface area contributed by atoms with Crippen LogP contribution in [0, 0.1) is 0 Å². The molecule has 0 amide bonds. The molecule has 9 heavy (non-hydrogen) atoms. The van der Waals surface area contributed by atoms with E-state index in [9.17, 15) is 0 Å². The molecule has 0 aromatic heterocycles. The summed E-state index contributed by atoms with van der Waals surface area (Å²) in [6, 6.07) is 0. The second-order valence-corrected chi connectivity index (χ2v) is 4.16. The van der Waals surface area contributed by atoms with E-state index < -0.39 is 0 Å². The first-order valence-electron chi connectivity index (χ1n) is 2.34. The summed E-state index contributed by atoms with van der Waals surface area (Å²) < 4.78 is 2.44. The van der Waals surface area contributed by atoms with Gasteiger partial charge >= 0.3 is 84.8 Å². The molecule has 0 rings (SSSR count). The molecule has 0 aliphatic heterocycles. The van der Waals surface area contributed by atoms with Gasteiger partial charge in [-0.25, -0.2) is 0 Å². The average molecular weight is 513 g/mol. The zero-order valence-electron chi connectivity index (χ0n) is 5.39. The summed E-state index contributed by atoms with van der Waals surface area (Å²) >= 11 is 2.54. The fourth-order valence-electron chi connectivity index (χ4n) is 0. The smallest absolute Gasteiger partial charge is 2.00 e. The van der Waals surface area contributed by atoms with Crippen molar-refractivity contribution in [2.24, 2.45) is 0 Å². The maximum atomic E-state index is 3.51. The maximum Gasteiger partial charge on any atom is -2.00 e. The van der Waals surface area contributed by atoms with Crippen molar-refractivity contribution in [2.45, 2.75) is 7.96 Å². The molecule has 0 saturated carbocycles. The maximum absolute atomic E-state index is 3.51. The fraction of sp³-hybridized carbons (Fsp3) is 0.333. The molecule has 48 valence electrons. The molecular weight excluding hydrogens is 502 g/mol. The van der Waals surface area contributed by atoms with Crippen LogP contribution in [-0.4, -0.2) is 51.5 Å². The molecule has 0 aliphatic rings. The number of hydrogen-bond acceptors (Lipinski definition) is 0. The molecule has 0 heterocycles. The van der Waals surface area contributed by atoms with Crippen molar-refractivity contribution in [1.82, 2.24) is 0 Å². The van der Waals surface area contributed by atoms with E-state index in [0.717, 1.165) is 0 Å². The topological polar surface area (TPSA) is 28.5 Å². The van der Waals surface area contributed by atoms with E-state index in [4.69, 9.17) is 0 Å². The summed E-state index contributed by atoms with van der Waals surface area (Å²) in [7, 11) is 0. The van der Waals surface area contributed by atoms with Crippen molar-refractivity contribution in [3.8, 4) is 0 Å². The Bertz CT molecular complexity index is 47.0. The van der Waals surface area contributed by atoms with Gasteiger partial charge in [0, 0.05) is 0 Å². The summed E-state index contributed by atoms with van der Waals surface area (Å²) in [5.74, 6) is 0. The molecule has 0 aliphatic carbocycles. The predicted molar refractivity (Wildman–Crippen MR) is 42.2 cm³/mol. The Kier molecular flexibility index (Phi) is 42.4. The second kappa shape index (κ2) is 22.8. The van der Waals surface area contributed by atoms with E-state index in [1.807, 2.05) is 12.2 Å². The van der Waals surface area contributed by atoms with Gasteiger partial charge in [0.15, 0.2) is 0 Å². The summed E-state index contributed by atoms with van der Waals surface area (Å²) in [6.45, 7) is 7.03. The van der Waals surface area contributed by atoms with E-state index in [2.05, 4.69) is 13.2 Å². The molecule has 0 fully saturated rings. The number of allylic oxidation sites excluding steroid dienone is 2. The van der Waals surface area contributed by atoms with Crippen LogP contribution >= 0.6 is 0 Å². The molecule has 0 atom stereocenters. The first kappa shape index (κ1) is 16.7. The van der Waals surface area contributed by atoms with Crippen LogP contribution in [0.4, 0.5) is 0 Å². The van der Waals surface area contributed by atoms with Crippen molar-refractivity contribution in [1.29, 1.82) is 0 Å². The third kappa shape index (κ3) is 45.7. The van der Waals surface area contributed by atoms with Crippen LogP contribution < -0.4 is 0 Å². The Hall–Kier alpha value is 1.28. The van der Waals surface area contributed by atoms with Crippen LogP contribution in [0.25, 0.3) is 0 Å². The first-order chi connectivity index (χ1) is 3.83. The van der Waals surface area contributed by atoms with Crippen LogP contribution in [0.1, 0.15) is 0 Å². The predicted octanol–water partition coefficient (Wildman–Crippen LogP) is 1.40. The van der Waals surface area contributed by atoms with Crippen molar-refractivity contribution in [3.63, 3.8) is 0 Å². The third-order valence-corrected chi connectivity index (χ3v) is 2.53. The minimum atomic E-state index is 0. The summed E-state index contributed by atoms with van der Waals surface area (Å²) in [4.78, 5) is 0. The van der Waals surface area contributed by atoms with Crippen molar-refractivity contribution >= 4 is 51.5 Å². The normalized spacial score (nSPS) is 5.33. The molecule has 0 spiro atoms. The molecule has 1 nitrogen and oxygen atoms in total. The van der Waals surface area contributed by atoms with E-state index in [1.54, 1.807) is 0 Å². The molecule has 0 aromatic rings. The van der Waals surface area contributed by atoms with Crippen LogP contribution in [0.3, 0.4) is 0 Å². The van der Waals surface area contributed by atoms with Gasteiger partial charge in [-0.1, -0.05) is 0 Å².